The summed E-state index contributed by atoms with van der Waals surface area (Å²) in [6.45, 7) is 8.95. The number of benzene rings is 2. The van der Waals surface area contributed by atoms with E-state index in [2.05, 4.69) is 30.9 Å². The third-order valence-electron chi connectivity index (χ3n) is 4.91. The molecular weight excluding hydrogens is 378 g/mol. The number of nitrogens with zero attached hydrogens (tertiary/aromatic N) is 1. The molecule has 0 bridgehead atoms. The molecule has 0 amide bonds. The summed E-state index contributed by atoms with van der Waals surface area (Å²) >= 11 is 1.67. The Bertz CT molecular complexity index is 698. The second-order valence-electron chi connectivity index (χ2n) is 7.47. The molecule has 0 atom stereocenters. The standard InChI is InChI=1S/C24H37N3OS/c1-3-5-15-27(16-6-4-2)17-7-8-18-28-20-9-11-21(12-10-20)29-22-13-14-23(25)24(26)19-22/h9-14,19H,3-8,15-18,25-26H2,1-2H3. The van der Waals surface area contributed by atoms with Gasteiger partial charge in [0.25, 0.3) is 0 Å². The van der Waals surface area contributed by atoms with Crippen molar-refractivity contribution in [1.82, 2.24) is 4.90 Å². The Morgan fingerprint density at radius 1 is 0.759 bits per heavy atom. The van der Waals surface area contributed by atoms with Crippen LogP contribution in [0.3, 0.4) is 0 Å². The quantitative estimate of drug-likeness (QED) is 0.290. The number of nitrogens with two attached hydrogens (primary N) is 2. The number of nitrogen functional groups attached to an aromatic ring is 2. The molecule has 29 heavy (non-hydrogen) atoms. The minimum absolute atomic E-state index is 0.622. The zero-order valence-electron chi connectivity index (χ0n) is 18.0. The van der Waals surface area contributed by atoms with Crippen molar-refractivity contribution in [2.45, 2.75) is 62.2 Å². The lowest BCUT2D eigenvalue weighted by Crippen LogP contribution is -2.27. The van der Waals surface area contributed by atoms with Crippen LogP contribution in [0, 0.1) is 0 Å². The molecule has 2 aromatic carbocycles. The van der Waals surface area contributed by atoms with Gasteiger partial charge in [0.15, 0.2) is 0 Å². The highest BCUT2D eigenvalue weighted by Gasteiger charge is 2.04. The second-order valence-corrected chi connectivity index (χ2v) is 8.62. The summed E-state index contributed by atoms with van der Waals surface area (Å²) in [5, 5.41) is 0. The van der Waals surface area contributed by atoms with E-state index in [-0.39, 0.29) is 0 Å². The molecule has 4 N–H and O–H groups in total. The van der Waals surface area contributed by atoms with Crippen molar-refractivity contribution in [2.75, 3.05) is 37.7 Å². The van der Waals surface area contributed by atoms with Crippen molar-refractivity contribution in [3.05, 3.63) is 42.5 Å². The van der Waals surface area contributed by atoms with E-state index in [9.17, 15) is 0 Å². The first-order chi connectivity index (χ1) is 14.1. The van der Waals surface area contributed by atoms with E-state index >= 15 is 0 Å². The minimum atomic E-state index is 0.622. The van der Waals surface area contributed by atoms with Crippen LogP contribution in [0.25, 0.3) is 0 Å². The average molecular weight is 416 g/mol. The van der Waals surface area contributed by atoms with Gasteiger partial charge in [0, 0.05) is 9.79 Å². The fraction of sp³-hybridized carbons (Fsp3) is 0.500. The van der Waals surface area contributed by atoms with Gasteiger partial charge in [0.1, 0.15) is 5.75 Å². The van der Waals surface area contributed by atoms with E-state index in [1.165, 1.54) is 51.7 Å². The molecule has 0 aliphatic carbocycles. The zero-order chi connectivity index (χ0) is 20.9. The van der Waals surface area contributed by atoms with Gasteiger partial charge in [0.2, 0.25) is 0 Å². The number of rotatable bonds is 14. The van der Waals surface area contributed by atoms with Crippen molar-refractivity contribution in [1.29, 1.82) is 0 Å². The fourth-order valence-electron chi connectivity index (χ4n) is 3.08. The molecule has 0 aromatic heterocycles. The van der Waals surface area contributed by atoms with Gasteiger partial charge in [-0.15, -0.1) is 0 Å². The van der Waals surface area contributed by atoms with E-state index in [0.29, 0.717) is 11.4 Å². The lowest BCUT2D eigenvalue weighted by Gasteiger charge is -2.21. The van der Waals surface area contributed by atoms with Crippen LogP contribution in [0.5, 0.6) is 5.75 Å². The van der Waals surface area contributed by atoms with Gasteiger partial charge < -0.3 is 21.1 Å². The van der Waals surface area contributed by atoms with Crippen LogP contribution in [0.2, 0.25) is 0 Å². The van der Waals surface area contributed by atoms with Crippen molar-refractivity contribution in [3.8, 4) is 5.75 Å². The first-order valence-electron chi connectivity index (χ1n) is 10.9. The summed E-state index contributed by atoms with van der Waals surface area (Å²) in [5.74, 6) is 0.931. The SMILES string of the molecule is CCCCN(CCCC)CCCCOc1ccc(Sc2ccc(N)c(N)c2)cc1. The van der Waals surface area contributed by atoms with E-state index < -0.39 is 0 Å². The molecule has 4 nitrogen and oxygen atoms in total. The molecule has 0 unspecified atom stereocenters. The minimum Gasteiger partial charge on any atom is -0.494 e. The van der Waals surface area contributed by atoms with Crippen LogP contribution < -0.4 is 16.2 Å². The Hall–Kier alpha value is -1.85. The van der Waals surface area contributed by atoms with Gasteiger partial charge in [-0.25, -0.2) is 0 Å². The van der Waals surface area contributed by atoms with Gasteiger partial charge in [0.05, 0.1) is 18.0 Å². The summed E-state index contributed by atoms with van der Waals surface area (Å²) in [6.07, 6.45) is 7.43. The Morgan fingerprint density at radius 2 is 1.38 bits per heavy atom. The Kier molecular flexibility index (Phi) is 10.8. The number of ether oxygens (including phenoxy) is 1. The topological polar surface area (TPSA) is 64.5 Å². The van der Waals surface area contributed by atoms with E-state index in [1.54, 1.807) is 11.8 Å². The molecule has 0 radical (unpaired) electrons. The molecular formula is C24H37N3OS. The van der Waals surface area contributed by atoms with Crippen molar-refractivity contribution >= 4 is 23.1 Å². The molecule has 160 valence electrons. The summed E-state index contributed by atoms with van der Waals surface area (Å²) in [6, 6.07) is 14.0. The van der Waals surface area contributed by atoms with E-state index in [1.807, 2.05) is 30.3 Å². The number of unbranched alkanes of at least 4 members (excludes halogenated alkanes) is 3. The Balaban J connectivity index is 1.69. The molecule has 0 aliphatic heterocycles. The fourth-order valence-corrected chi connectivity index (χ4v) is 3.95. The maximum Gasteiger partial charge on any atom is 0.119 e. The van der Waals surface area contributed by atoms with Gasteiger partial charge >= 0.3 is 0 Å². The lowest BCUT2D eigenvalue weighted by atomic mass is 10.2. The molecule has 0 saturated carbocycles. The zero-order valence-corrected chi connectivity index (χ0v) is 18.8. The largest absolute Gasteiger partial charge is 0.494 e. The molecule has 2 aromatic rings. The summed E-state index contributed by atoms with van der Waals surface area (Å²) in [4.78, 5) is 4.85. The Labute approximate surface area is 181 Å². The van der Waals surface area contributed by atoms with Gasteiger partial charge in [-0.1, -0.05) is 38.5 Å². The monoisotopic (exact) mass is 415 g/mol. The maximum atomic E-state index is 5.93. The normalized spacial score (nSPS) is 11.1. The van der Waals surface area contributed by atoms with E-state index in [0.717, 1.165) is 28.6 Å². The average Bonchev–Trinajstić information content (AvgIpc) is 2.73. The number of hydrogen-bond acceptors (Lipinski definition) is 5. The second kappa shape index (κ2) is 13.4. The van der Waals surface area contributed by atoms with Crippen LogP contribution in [0.4, 0.5) is 11.4 Å². The highest BCUT2D eigenvalue weighted by molar-refractivity contribution is 7.99. The Morgan fingerprint density at radius 3 is 2.00 bits per heavy atom. The molecule has 2 rings (SSSR count). The molecule has 0 fully saturated rings. The smallest absolute Gasteiger partial charge is 0.119 e. The molecule has 5 heteroatoms. The first kappa shape index (κ1) is 23.4. The van der Waals surface area contributed by atoms with Gasteiger partial charge in [-0.05, 0) is 87.8 Å². The van der Waals surface area contributed by atoms with Crippen LogP contribution in [0.1, 0.15) is 52.4 Å². The van der Waals surface area contributed by atoms with Gasteiger partial charge in [-0.3, -0.25) is 0 Å². The van der Waals surface area contributed by atoms with Crippen LogP contribution in [-0.4, -0.2) is 31.1 Å². The van der Waals surface area contributed by atoms with Crippen LogP contribution >= 0.6 is 11.8 Å². The molecule has 0 heterocycles. The molecule has 0 aliphatic rings. The molecule has 0 spiro atoms. The first-order valence-corrected chi connectivity index (χ1v) is 11.7. The molecule has 0 saturated heterocycles. The summed E-state index contributed by atoms with van der Waals surface area (Å²) in [7, 11) is 0. The number of anilines is 2. The third kappa shape index (κ3) is 9.01. The highest BCUT2D eigenvalue weighted by atomic mass is 32.2. The van der Waals surface area contributed by atoms with Crippen molar-refractivity contribution < 1.29 is 4.74 Å². The highest BCUT2D eigenvalue weighted by Crippen LogP contribution is 2.31. The predicted octanol–water partition coefficient (Wildman–Crippen LogP) is 6.06. The van der Waals surface area contributed by atoms with Crippen LogP contribution in [0.15, 0.2) is 52.3 Å². The third-order valence-corrected chi connectivity index (χ3v) is 5.91. The van der Waals surface area contributed by atoms with Crippen LogP contribution in [-0.2, 0) is 0 Å². The lowest BCUT2D eigenvalue weighted by molar-refractivity contribution is 0.243. The van der Waals surface area contributed by atoms with E-state index in [4.69, 9.17) is 16.2 Å². The summed E-state index contributed by atoms with van der Waals surface area (Å²) < 4.78 is 5.93. The maximum absolute atomic E-state index is 5.93. The predicted molar refractivity (Wildman–Crippen MR) is 127 cm³/mol. The number of hydrogen-bond donors (Lipinski definition) is 2. The van der Waals surface area contributed by atoms with Crippen molar-refractivity contribution in [3.63, 3.8) is 0 Å². The van der Waals surface area contributed by atoms with Crippen molar-refractivity contribution in [2.24, 2.45) is 0 Å². The van der Waals surface area contributed by atoms with Gasteiger partial charge in [-0.2, -0.15) is 0 Å². The summed E-state index contributed by atoms with van der Waals surface area (Å²) in [5.41, 5.74) is 12.9.